The lowest BCUT2D eigenvalue weighted by atomic mass is 10.1. The maximum absolute atomic E-state index is 11.2. The molecule has 0 unspecified atom stereocenters. The summed E-state index contributed by atoms with van der Waals surface area (Å²) in [6, 6.07) is 4.06. The van der Waals surface area contributed by atoms with Crippen molar-refractivity contribution in [3.8, 4) is 5.75 Å². The monoisotopic (exact) mass is 234 g/mol. The first-order chi connectivity index (χ1) is 7.91. The maximum atomic E-state index is 11.2. The van der Waals surface area contributed by atoms with Crippen LogP contribution >= 0.6 is 0 Å². The molecule has 1 aromatic rings. The second-order valence-corrected chi connectivity index (χ2v) is 4.20. The predicted octanol–water partition coefficient (Wildman–Crippen LogP) is 3.07. The first-order valence-electron chi connectivity index (χ1n) is 5.45. The van der Waals surface area contributed by atoms with Crippen molar-refractivity contribution in [3.63, 3.8) is 0 Å². The second kappa shape index (κ2) is 5.53. The summed E-state index contributed by atoms with van der Waals surface area (Å²) in [6.07, 6.45) is 0. The molecule has 0 aliphatic rings. The van der Waals surface area contributed by atoms with E-state index in [1.807, 2.05) is 32.9 Å². The van der Waals surface area contributed by atoms with Crippen LogP contribution < -0.4 is 4.74 Å². The predicted molar refractivity (Wildman–Crippen MR) is 67.1 cm³/mol. The van der Waals surface area contributed by atoms with Crippen LogP contribution in [0.2, 0.25) is 0 Å². The third-order valence-corrected chi connectivity index (χ3v) is 2.35. The van der Waals surface area contributed by atoms with Gasteiger partial charge in [-0.2, -0.15) is 0 Å². The third-order valence-electron chi connectivity index (χ3n) is 2.35. The van der Waals surface area contributed by atoms with Gasteiger partial charge in [-0.05, 0) is 38.8 Å². The minimum Gasteiger partial charge on any atom is -0.457 e. The van der Waals surface area contributed by atoms with E-state index >= 15 is 0 Å². The normalized spacial score (nSPS) is 9.88. The first kappa shape index (κ1) is 13.3. The smallest absolute Gasteiger partial charge is 0.335 e. The van der Waals surface area contributed by atoms with Gasteiger partial charge in [0, 0.05) is 5.57 Å². The maximum Gasteiger partial charge on any atom is 0.335 e. The Bertz CT molecular complexity index is 424. The Labute approximate surface area is 102 Å². The summed E-state index contributed by atoms with van der Waals surface area (Å²) in [5.41, 5.74) is 3.62. The van der Waals surface area contributed by atoms with E-state index in [9.17, 15) is 4.79 Å². The molecular weight excluding hydrogens is 216 g/mol. The topological polar surface area (TPSA) is 35.5 Å². The van der Waals surface area contributed by atoms with Crippen LogP contribution in [0.4, 0.5) is 0 Å². The van der Waals surface area contributed by atoms with Crippen LogP contribution in [0, 0.1) is 20.8 Å². The SMILES string of the molecule is C=C(C)C(=O)OCOc1c(C)cc(C)cc1C. The molecule has 0 aliphatic heterocycles. The van der Waals surface area contributed by atoms with Crippen molar-refractivity contribution in [1.82, 2.24) is 0 Å². The summed E-state index contributed by atoms with van der Waals surface area (Å²) >= 11 is 0. The van der Waals surface area contributed by atoms with E-state index in [-0.39, 0.29) is 6.79 Å². The lowest BCUT2D eigenvalue weighted by molar-refractivity contribution is -0.145. The molecule has 0 spiro atoms. The van der Waals surface area contributed by atoms with E-state index in [4.69, 9.17) is 9.47 Å². The Morgan fingerprint density at radius 3 is 2.24 bits per heavy atom. The van der Waals surface area contributed by atoms with Crippen LogP contribution in [0.25, 0.3) is 0 Å². The van der Waals surface area contributed by atoms with E-state index in [2.05, 4.69) is 6.58 Å². The van der Waals surface area contributed by atoms with E-state index < -0.39 is 5.97 Å². The number of ether oxygens (including phenoxy) is 2. The van der Waals surface area contributed by atoms with Gasteiger partial charge in [-0.15, -0.1) is 0 Å². The van der Waals surface area contributed by atoms with Crippen molar-refractivity contribution in [2.75, 3.05) is 6.79 Å². The number of esters is 1. The number of rotatable bonds is 4. The zero-order valence-electron chi connectivity index (χ0n) is 10.8. The molecule has 1 aromatic carbocycles. The molecule has 0 aliphatic carbocycles. The highest BCUT2D eigenvalue weighted by Crippen LogP contribution is 2.24. The van der Waals surface area contributed by atoms with Gasteiger partial charge in [0.2, 0.25) is 6.79 Å². The number of hydrogen-bond acceptors (Lipinski definition) is 3. The highest BCUT2D eigenvalue weighted by Gasteiger charge is 2.07. The van der Waals surface area contributed by atoms with E-state index in [1.165, 1.54) is 5.56 Å². The van der Waals surface area contributed by atoms with Crippen molar-refractivity contribution in [1.29, 1.82) is 0 Å². The van der Waals surface area contributed by atoms with Crippen LogP contribution in [0.15, 0.2) is 24.3 Å². The highest BCUT2D eigenvalue weighted by molar-refractivity contribution is 5.86. The lowest BCUT2D eigenvalue weighted by Gasteiger charge is -2.13. The van der Waals surface area contributed by atoms with Gasteiger partial charge in [0.1, 0.15) is 5.75 Å². The van der Waals surface area contributed by atoms with Gasteiger partial charge in [-0.25, -0.2) is 4.79 Å². The molecule has 17 heavy (non-hydrogen) atoms. The minimum atomic E-state index is -0.438. The average Bonchev–Trinajstić information content (AvgIpc) is 2.21. The van der Waals surface area contributed by atoms with E-state index in [1.54, 1.807) is 6.92 Å². The van der Waals surface area contributed by atoms with Crippen molar-refractivity contribution < 1.29 is 14.3 Å². The van der Waals surface area contributed by atoms with Crippen molar-refractivity contribution >= 4 is 5.97 Å². The van der Waals surface area contributed by atoms with Gasteiger partial charge < -0.3 is 9.47 Å². The molecular formula is C14H18O3. The molecule has 3 heteroatoms. The van der Waals surface area contributed by atoms with Crippen molar-refractivity contribution in [3.05, 3.63) is 41.0 Å². The van der Waals surface area contributed by atoms with Gasteiger partial charge >= 0.3 is 5.97 Å². The fraction of sp³-hybridized carbons (Fsp3) is 0.357. The Hall–Kier alpha value is -1.77. The zero-order valence-corrected chi connectivity index (χ0v) is 10.8. The lowest BCUT2D eigenvalue weighted by Crippen LogP contribution is -2.11. The number of aryl methyl sites for hydroxylation is 3. The molecule has 0 fully saturated rings. The fourth-order valence-electron chi connectivity index (χ4n) is 1.66. The highest BCUT2D eigenvalue weighted by atomic mass is 16.7. The molecule has 0 atom stereocenters. The van der Waals surface area contributed by atoms with Crippen LogP contribution in [0.3, 0.4) is 0 Å². The molecule has 0 saturated carbocycles. The molecule has 0 radical (unpaired) electrons. The van der Waals surface area contributed by atoms with Crippen molar-refractivity contribution in [2.45, 2.75) is 27.7 Å². The Morgan fingerprint density at radius 1 is 1.24 bits per heavy atom. The number of benzene rings is 1. The molecule has 3 nitrogen and oxygen atoms in total. The molecule has 1 rings (SSSR count). The van der Waals surface area contributed by atoms with Gasteiger partial charge in [-0.1, -0.05) is 24.3 Å². The summed E-state index contributed by atoms with van der Waals surface area (Å²) in [6.45, 7) is 11.0. The van der Waals surface area contributed by atoms with E-state index in [0.29, 0.717) is 5.57 Å². The van der Waals surface area contributed by atoms with Gasteiger partial charge in [0.05, 0.1) is 0 Å². The van der Waals surface area contributed by atoms with Crippen LogP contribution in [-0.4, -0.2) is 12.8 Å². The number of hydrogen-bond donors (Lipinski definition) is 0. The molecule has 0 bridgehead atoms. The van der Waals surface area contributed by atoms with Gasteiger partial charge in [0.15, 0.2) is 0 Å². The van der Waals surface area contributed by atoms with Crippen LogP contribution in [-0.2, 0) is 9.53 Å². The third kappa shape index (κ3) is 3.63. The summed E-state index contributed by atoms with van der Waals surface area (Å²) in [5.74, 6) is 0.331. The number of carbonyl (C=O) groups is 1. The Balaban J connectivity index is 2.64. The molecule has 0 amide bonds. The summed E-state index contributed by atoms with van der Waals surface area (Å²) < 4.78 is 10.3. The van der Waals surface area contributed by atoms with E-state index in [0.717, 1.165) is 16.9 Å². The minimum absolute atomic E-state index is 0.0869. The van der Waals surface area contributed by atoms with Crippen molar-refractivity contribution in [2.24, 2.45) is 0 Å². The first-order valence-corrected chi connectivity index (χ1v) is 5.45. The summed E-state index contributed by atoms with van der Waals surface area (Å²) in [5, 5.41) is 0. The molecule has 92 valence electrons. The van der Waals surface area contributed by atoms with Gasteiger partial charge in [-0.3, -0.25) is 0 Å². The van der Waals surface area contributed by atoms with Crippen LogP contribution in [0.1, 0.15) is 23.6 Å². The molecule has 0 aromatic heterocycles. The summed E-state index contributed by atoms with van der Waals surface area (Å²) in [7, 11) is 0. The fourth-order valence-corrected chi connectivity index (χ4v) is 1.66. The Kier molecular flexibility index (Phi) is 4.32. The van der Waals surface area contributed by atoms with Gasteiger partial charge in [0.25, 0.3) is 0 Å². The average molecular weight is 234 g/mol. The molecule has 0 N–H and O–H groups in total. The quantitative estimate of drug-likeness (QED) is 0.456. The zero-order chi connectivity index (χ0) is 13.0. The second-order valence-electron chi connectivity index (χ2n) is 4.20. The molecule has 0 saturated heterocycles. The molecule has 0 heterocycles. The standard InChI is InChI=1S/C14H18O3/c1-9(2)14(15)17-8-16-13-11(4)6-10(3)7-12(13)5/h6-7H,1,8H2,2-5H3. The van der Waals surface area contributed by atoms with Crippen LogP contribution in [0.5, 0.6) is 5.75 Å². The number of carbonyl (C=O) groups excluding carboxylic acids is 1. The Morgan fingerprint density at radius 2 is 1.76 bits per heavy atom. The largest absolute Gasteiger partial charge is 0.457 e. The summed E-state index contributed by atoms with van der Waals surface area (Å²) in [4.78, 5) is 11.2.